The summed E-state index contributed by atoms with van der Waals surface area (Å²) in [6.07, 6.45) is 3.69. The van der Waals surface area contributed by atoms with Gasteiger partial charge in [0.2, 0.25) is 6.79 Å². The molecule has 0 bridgehead atoms. The maximum Gasteiger partial charge on any atom is 0.231 e. The van der Waals surface area contributed by atoms with Crippen LogP contribution in [0.3, 0.4) is 0 Å². The van der Waals surface area contributed by atoms with Gasteiger partial charge in [-0.2, -0.15) is 0 Å². The lowest BCUT2D eigenvalue weighted by Gasteiger charge is -2.12. The first kappa shape index (κ1) is 14.8. The van der Waals surface area contributed by atoms with Crippen molar-refractivity contribution < 1.29 is 14.2 Å². The third kappa shape index (κ3) is 2.21. The first-order valence-electron chi connectivity index (χ1n) is 8.21. The fourth-order valence-corrected chi connectivity index (χ4v) is 3.25. The first-order valence-corrected chi connectivity index (χ1v) is 8.21. The third-order valence-corrected chi connectivity index (χ3v) is 4.44. The predicted molar refractivity (Wildman–Crippen MR) is 96.1 cm³/mol. The van der Waals surface area contributed by atoms with Gasteiger partial charge in [0.05, 0.1) is 23.7 Å². The Morgan fingerprint density at radius 1 is 1.15 bits per heavy atom. The van der Waals surface area contributed by atoms with Crippen molar-refractivity contribution >= 4 is 11.0 Å². The van der Waals surface area contributed by atoms with Gasteiger partial charge in [0.1, 0.15) is 17.4 Å². The molecule has 0 amide bonds. The Bertz CT molecular complexity index is 1130. The number of aromatic amines is 1. The van der Waals surface area contributed by atoms with E-state index in [4.69, 9.17) is 14.2 Å². The number of hydrogen-bond acceptors (Lipinski definition) is 5. The fraction of sp³-hybridized carbons (Fsp3) is 0.158. The number of benzene rings is 2. The van der Waals surface area contributed by atoms with Crippen LogP contribution in [0.4, 0.5) is 0 Å². The summed E-state index contributed by atoms with van der Waals surface area (Å²) < 4.78 is 18.5. The van der Waals surface area contributed by atoms with Gasteiger partial charge in [0, 0.05) is 24.1 Å². The van der Waals surface area contributed by atoms with Crippen molar-refractivity contribution in [1.82, 2.24) is 19.5 Å². The highest BCUT2D eigenvalue weighted by atomic mass is 16.7. The zero-order valence-corrected chi connectivity index (χ0v) is 14.3. The van der Waals surface area contributed by atoms with E-state index >= 15 is 0 Å². The minimum absolute atomic E-state index is 0.215. The Morgan fingerprint density at radius 2 is 2.00 bits per heavy atom. The van der Waals surface area contributed by atoms with Gasteiger partial charge >= 0.3 is 0 Å². The van der Waals surface area contributed by atoms with Gasteiger partial charge in [0.25, 0.3) is 0 Å². The molecule has 7 heteroatoms. The normalized spacial score (nSPS) is 12.7. The number of aromatic nitrogens is 4. The molecule has 5 rings (SSSR count). The fourth-order valence-electron chi connectivity index (χ4n) is 3.25. The molecular weight excluding hydrogens is 332 g/mol. The standard InChI is InChI=1S/C19H16N4O3/c1-11-21-14-4-3-12(7-15(14)22-11)23-6-5-20-19(23)13-8-17-18(26-10-25-17)9-16(13)24-2/h3-9H,10H2,1-2H3,(H,21,22). The topological polar surface area (TPSA) is 74.2 Å². The lowest BCUT2D eigenvalue weighted by Crippen LogP contribution is -1.98. The number of rotatable bonds is 3. The highest BCUT2D eigenvalue weighted by Crippen LogP contribution is 2.42. The maximum absolute atomic E-state index is 5.55. The molecule has 1 N–H and O–H groups in total. The molecule has 0 saturated heterocycles. The zero-order chi connectivity index (χ0) is 17.7. The molecule has 2 aromatic carbocycles. The molecule has 130 valence electrons. The summed E-state index contributed by atoms with van der Waals surface area (Å²) in [4.78, 5) is 12.3. The van der Waals surface area contributed by atoms with Crippen molar-refractivity contribution in [2.75, 3.05) is 13.9 Å². The summed E-state index contributed by atoms with van der Waals surface area (Å²) in [5.41, 5.74) is 3.74. The molecule has 0 spiro atoms. The second-order valence-electron chi connectivity index (χ2n) is 6.05. The van der Waals surface area contributed by atoms with Crippen LogP contribution in [-0.2, 0) is 0 Å². The molecule has 1 aliphatic rings. The van der Waals surface area contributed by atoms with Gasteiger partial charge in [-0.25, -0.2) is 9.97 Å². The third-order valence-electron chi connectivity index (χ3n) is 4.44. The number of fused-ring (bicyclic) bond motifs is 2. The second-order valence-corrected chi connectivity index (χ2v) is 6.05. The van der Waals surface area contributed by atoms with E-state index in [0.29, 0.717) is 17.2 Å². The van der Waals surface area contributed by atoms with Crippen molar-refractivity contribution in [1.29, 1.82) is 0 Å². The molecule has 26 heavy (non-hydrogen) atoms. The van der Waals surface area contributed by atoms with Gasteiger partial charge < -0.3 is 19.2 Å². The number of methoxy groups -OCH3 is 1. The van der Waals surface area contributed by atoms with Crippen LogP contribution < -0.4 is 14.2 Å². The summed E-state index contributed by atoms with van der Waals surface area (Å²) >= 11 is 0. The molecule has 4 aromatic rings. The highest BCUT2D eigenvalue weighted by Gasteiger charge is 2.21. The van der Waals surface area contributed by atoms with Crippen molar-refractivity contribution in [3.8, 4) is 34.3 Å². The van der Waals surface area contributed by atoms with Crippen LogP contribution in [-0.4, -0.2) is 33.4 Å². The van der Waals surface area contributed by atoms with Gasteiger partial charge in [-0.05, 0) is 31.2 Å². The minimum Gasteiger partial charge on any atom is -0.496 e. The van der Waals surface area contributed by atoms with Crippen LogP contribution in [0.15, 0.2) is 42.7 Å². The van der Waals surface area contributed by atoms with Crippen LogP contribution >= 0.6 is 0 Å². The quantitative estimate of drug-likeness (QED) is 0.614. The summed E-state index contributed by atoms with van der Waals surface area (Å²) in [7, 11) is 1.63. The number of nitrogens with one attached hydrogen (secondary N) is 1. The van der Waals surface area contributed by atoms with Gasteiger partial charge in [-0.3, -0.25) is 4.57 Å². The lowest BCUT2D eigenvalue weighted by molar-refractivity contribution is 0.174. The highest BCUT2D eigenvalue weighted by molar-refractivity contribution is 5.78. The van der Waals surface area contributed by atoms with E-state index in [2.05, 4.69) is 21.0 Å². The van der Waals surface area contributed by atoms with Gasteiger partial charge in [-0.1, -0.05) is 0 Å². The van der Waals surface area contributed by atoms with Crippen LogP contribution in [0.2, 0.25) is 0 Å². The second kappa shape index (κ2) is 5.52. The Morgan fingerprint density at radius 3 is 2.85 bits per heavy atom. The van der Waals surface area contributed by atoms with E-state index in [1.807, 2.05) is 42.0 Å². The number of hydrogen-bond donors (Lipinski definition) is 1. The number of ether oxygens (including phenoxy) is 3. The zero-order valence-electron chi connectivity index (χ0n) is 14.3. The molecule has 0 aliphatic carbocycles. The van der Waals surface area contributed by atoms with Crippen LogP contribution in [0, 0.1) is 6.92 Å². The summed E-state index contributed by atoms with van der Waals surface area (Å²) in [6.45, 7) is 2.16. The van der Waals surface area contributed by atoms with E-state index in [-0.39, 0.29) is 6.79 Å². The monoisotopic (exact) mass is 348 g/mol. The van der Waals surface area contributed by atoms with Crippen molar-refractivity contribution in [2.45, 2.75) is 6.92 Å². The molecule has 0 fully saturated rings. The smallest absolute Gasteiger partial charge is 0.231 e. The average molecular weight is 348 g/mol. The summed E-state index contributed by atoms with van der Waals surface area (Å²) in [5.74, 6) is 3.70. The Balaban J connectivity index is 1.67. The lowest BCUT2D eigenvalue weighted by atomic mass is 10.1. The summed E-state index contributed by atoms with van der Waals surface area (Å²) in [6, 6.07) is 9.80. The first-order chi connectivity index (χ1) is 12.7. The van der Waals surface area contributed by atoms with Crippen LogP contribution in [0.1, 0.15) is 5.82 Å². The number of imidazole rings is 2. The average Bonchev–Trinajstić information content (AvgIpc) is 3.37. The number of aryl methyl sites for hydroxylation is 1. The van der Waals surface area contributed by atoms with E-state index in [0.717, 1.165) is 33.9 Å². The van der Waals surface area contributed by atoms with E-state index in [1.165, 1.54) is 0 Å². The molecule has 1 aliphatic heterocycles. The van der Waals surface area contributed by atoms with Crippen LogP contribution in [0.25, 0.3) is 28.1 Å². The molecule has 2 aromatic heterocycles. The number of nitrogens with zero attached hydrogens (tertiary/aromatic N) is 3. The molecular formula is C19H16N4O3. The molecule has 0 radical (unpaired) electrons. The molecule has 0 unspecified atom stereocenters. The molecule has 7 nitrogen and oxygen atoms in total. The van der Waals surface area contributed by atoms with E-state index in [9.17, 15) is 0 Å². The number of H-pyrrole nitrogens is 1. The largest absolute Gasteiger partial charge is 0.496 e. The van der Waals surface area contributed by atoms with Crippen molar-refractivity contribution in [2.24, 2.45) is 0 Å². The van der Waals surface area contributed by atoms with E-state index in [1.54, 1.807) is 13.3 Å². The van der Waals surface area contributed by atoms with E-state index < -0.39 is 0 Å². The summed E-state index contributed by atoms with van der Waals surface area (Å²) in [5, 5.41) is 0. The molecule has 0 saturated carbocycles. The molecule has 0 atom stereocenters. The van der Waals surface area contributed by atoms with Gasteiger partial charge in [0.15, 0.2) is 11.5 Å². The Kier molecular flexibility index (Phi) is 3.15. The Labute approximate surface area is 149 Å². The minimum atomic E-state index is 0.215. The maximum atomic E-state index is 5.55. The molecule has 3 heterocycles. The van der Waals surface area contributed by atoms with Crippen molar-refractivity contribution in [3.05, 3.63) is 48.5 Å². The predicted octanol–water partition coefficient (Wildman–Crippen LogP) is 3.46. The van der Waals surface area contributed by atoms with Crippen LogP contribution in [0.5, 0.6) is 17.2 Å². The van der Waals surface area contributed by atoms with Crippen molar-refractivity contribution in [3.63, 3.8) is 0 Å². The van der Waals surface area contributed by atoms with Gasteiger partial charge in [-0.15, -0.1) is 0 Å². The SMILES string of the molecule is COc1cc2c(cc1-c1nccn1-c1ccc3nc(C)[nH]c3c1)OCO2. The Hall–Kier alpha value is -3.48.